The van der Waals surface area contributed by atoms with Gasteiger partial charge in [-0.1, -0.05) is 25.1 Å². The molecule has 1 amide bonds. The minimum atomic E-state index is -0.527. The number of hydrogen-bond acceptors (Lipinski definition) is 3. The first kappa shape index (κ1) is 18.1. The fourth-order valence-electron chi connectivity index (χ4n) is 2.63. The summed E-state index contributed by atoms with van der Waals surface area (Å²) < 4.78 is 13.5. The largest absolute Gasteiger partial charge is 0.338 e. The van der Waals surface area contributed by atoms with Gasteiger partial charge in [0.25, 0.3) is 0 Å². The van der Waals surface area contributed by atoms with Crippen molar-refractivity contribution < 1.29 is 9.18 Å². The molecule has 1 atom stereocenters. The van der Waals surface area contributed by atoms with Gasteiger partial charge >= 0.3 is 0 Å². The maximum absolute atomic E-state index is 13.5. The molecule has 2 rings (SSSR count). The van der Waals surface area contributed by atoms with Crippen LogP contribution in [-0.2, 0) is 17.8 Å². The van der Waals surface area contributed by atoms with Crippen molar-refractivity contribution in [3.05, 3.63) is 65.2 Å². The summed E-state index contributed by atoms with van der Waals surface area (Å²) in [5.74, 6) is -0.432. The molecule has 0 aliphatic heterocycles. The second-order valence-electron chi connectivity index (χ2n) is 6.13. The van der Waals surface area contributed by atoms with Crippen LogP contribution in [0.3, 0.4) is 0 Å². The number of rotatable bonds is 6. The van der Waals surface area contributed by atoms with Crippen LogP contribution >= 0.6 is 0 Å². The lowest BCUT2D eigenvalue weighted by atomic mass is 10.0. The SMILES string of the molecule is CCc1ccc(CN(C)C(=O)[C@@H](c2cccc(F)c2)N(C)C)nc1. The summed E-state index contributed by atoms with van der Waals surface area (Å²) in [6, 6.07) is 9.62. The molecule has 0 aliphatic carbocycles. The van der Waals surface area contributed by atoms with Gasteiger partial charge in [0.1, 0.15) is 11.9 Å². The van der Waals surface area contributed by atoms with Crippen LogP contribution in [0.2, 0.25) is 0 Å². The number of carbonyl (C=O) groups excluding carboxylic acids is 1. The summed E-state index contributed by atoms with van der Waals surface area (Å²) in [6.45, 7) is 2.50. The van der Waals surface area contributed by atoms with Crippen LogP contribution in [0.4, 0.5) is 4.39 Å². The molecule has 4 nitrogen and oxygen atoms in total. The molecule has 2 aromatic rings. The normalized spacial score (nSPS) is 12.2. The van der Waals surface area contributed by atoms with E-state index in [9.17, 15) is 9.18 Å². The van der Waals surface area contributed by atoms with Crippen molar-refractivity contribution in [1.29, 1.82) is 0 Å². The standard InChI is InChI=1S/C19H24FN3O/c1-5-14-9-10-17(21-12-14)13-23(4)19(24)18(22(2)3)15-7-6-8-16(20)11-15/h6-12,18H,5,13H2,1-4H3/t18-/m1/s1. The van der Waals surface area contributed by atoms with Crippen LogP contribution in [-0.4, -0.2) is 41.8 Å². The van der Waals surface area contributed by atoms with Gasteiger partial charge in [-0.3, -0.25) is 14.7 Å². The number of amides is 1. The van der Waals surface area contributed by atoms with E-state index in [2.05, 4.69) is 11.9 Å². The van der Waals surface area contributed by atoms with Crippen LogP contribution in [0.25, 0.3) is 0 Å². The monoisotopic (exact) mass is 329 g/mol. The highest BCUT2D eigenvalue weighted by atomic mass is 19.1. The quantitative estimate of drug-likeness (QED) is 0.817. The molecule has 0 bridgehead atoms. The Balaban J connectivity index is 2.16. The summed E-state index contributed by atoms with van der Waals surface area (Å²) in [6.07, 6.45) is 2.77. The van der Waals surface area contributed by atoms with Crippen molar-refractivity contribution in [1.82, 2.24) is 14.8 Å². The topological polar surface area (TPSA) is 36.4 Å². The maximum Gasteiger partial charge on any atom is 0.244 e. The summed E-state index contributed by atoms with van der Waals surface area (Å²) in [7, 11) is 5.37. The van der Waals surface area contributed by atoms with Crippen molar-refractivity contribution in [2.24, 2.45) is 0 Å². The molecular weight excluding hydrogens is 305 g/mol. The molecule has 0 radical (unpaired) electrons. The van der Waals surface area contributed by atoms with Gasteiger partial charge in [0.2, 0.25) is 5.91 Å². The summed E-state index contributed by atoms with van der Waals surface area (Å²) in [5, 5.41) is 0. The average Bonchev–Trinajstić information content (AvgIpc) is 2.55. The Morgan fingerprint density at radius 3 is 2.50 bits per heavy atom. The second kappa shape index (κ2) is 8.02. The van der Waals surface area contributed by atoms with Gasteiger partial charge in [0, 0.05) is 13.2 Å². The number of benzene rings is 1. The maximum atomic E-state index is 13.5. The van der Waals surface area contributed by atoms with Crippen molar-refractivity contribution in [3.8, 4) is 0 Å². The van der Waals surface area contributed by atoms with E-state index in [1.54, 1.807) is 29.0 Å². The van der Waals surface area contributed by atoms with Crippen molar-refractivity contribution in [3.63, 3.8) is 0 Å². The smallest absolute Gasteiger partial charge is 0.244 e. The van der Waals surface area contributed by atoms with E-state index in [-0.39, 0.29) is 11.7 Å². The van der Waals surface area contributed by atoms with Crippen LogP contribution < -0.4 is 0 Å². The average molecular weight is 329 g/mol. The molecule has 1 aromatic heterocycles. The third-order valence-corrected chi connectivity index (χ3v) is 3.98. The molecule has 5 heteroatoms. The summed E-state index contributed by atoms with van der Waals surface area (Å²) >= 11 is 0. The van der Waals surface area contributed by atoms with Gasteiger partial charge in [-0.2, -0.15) is 0 Å². The molecule has 0 unspecified atom stereocenters. The van der Waals surface area contributed by atoms with Crippen molar-refractivity contribution in [2.75, 3.05) is 21.1 Å². The molecule has 0 fully saturated rings. The van der Waals surface area contributed by atoms with Gasteiger partial charge in [-0.05, 0) is 49.8 Å². The summed E-state index contributed by atoms with van der Waals surface area (Å²) in [4.78, 5) is 20.7. The lowest BCUT2D eigenvalue weighted by molar-refractivity contribution is -0.135. The van der Waals surface area contributed by atoms with E-state index < -0.39 is 6.04 Å². The zero-order valence-corrected chi connectivity index (χ0v) is 14.7. The fraction of sp³-hybridized carbons (Fsp3) is 0.368. The van der Waals surface area contributed by atoms with E-state index in [1.807, 2.05) is 32.4 Å². The van der Waals surface area contributed by atoms with Crippen molar-refractivity contribution >= 4 is 5.91 Å². The predicted molar refractivity (Wildman–Crippen MR) is 92.9 cm³/mol. The molecule has 0 saturated heterocycles. The van der Waals surface area contributed by atoms with E-state index in [0.29, 0.717) is 12.1 Å². The molecule has 0 N–H and O–H groups in total. The Morgan fingerprint density at radius 1 is 1.21 bits per heavy atom. The highest BCUT2D eigenvalue weighted by Gasteiger charge is 2.26. The van der Waals surface area contributed by atoms with Crippen LogP contribution in [0.5, 0.6) is 0 Å². The fourth-order valence-corrected chi connectivity index (χ4v) is 2.63. The van der Waals surface area contributed by atoms with E-state index in [1.165, 1.54) is 17.7 Å². The lowest BCUT2D eigenvalue weighted by Crippen LogP contribution is -2.38. The molecular formula is C19H24FN3O. The van der Waals surface area contributed by atoms with Gasteiger partial charge in [0.15, 0.2) is 0 Å². The molecule has 0 saturated carbocycles. The molecule has 0 aliphatic rings. The first-order chi connectivity index (χ1) is 11.4. The highest BCUT2D eigenvalue weighted by molar-refractivity contribution is 5.83. The zero-order chi connectivity index (χ0) is 17.7. The Kier molecular flexibility index (Phi) is 6.04. The Bertz CT molecular complexity index is 685. The number of hydrogen-bond donors (Lipinski definition) is 0. The van der Waals surface area contributed by atoms with Crippen LogP contribution in [0, 0.1) is 5.82 Å². The van der Waals surface area contributed by atoms with E-state index >= 15 is 0 Å². The number of halogens is 1. The number of nitrogens with zero attached hydrogens (tertiary/aromatic N) is 3. The number of likely N-dealkylation sites (N-methyl/N-ethyl adjacent to an activating group) is 2. The highest BCUT2D eigenvalue weighted by Crippen LogP contribution is 2.22. The molecule has 128 valence electrons. The molecule has 1 aromatic carbocycles. The van der Waals surface area contributed by atoms with E-state index in [0.717, 1.165) is 12.1 Å². The summed E-state index contributed by atoms with van der Waals surface area (Å²) in [5.41, 5.74) is 2.64. The Hall–Kier alpha value is -2.27. The van der Waals surface area contributed by atoms with E-state index in [4.69, 9.17) is 0 Å². The van der Waals surface area contributed by atoms with Gasteiger partial charge in [-0.25, -0.2) is 4.39 Å². The predicted octanol–water partition coefficient (Wildman–Crippen LogP) is 3.04. The number of aryl methyl sites for hydroxylation is 1. The lowest BCUT2D eigenvalue weighted by Gasteiger charge is -2.28. The zero-order valence-electron chi connectivity index (χ0n) is 14.7. The van der Waals surface area contributed by atoms with Crippen molar-refractivity contribution in [2.45, 2.75) is 25.9 Å². The number of carbonyl (C=O) groups is 1. The number of aromatic nitrogens is 1. The third-order valence-electron chi connectivity index (χ3n) is 3.98. The molecule has 0 spiro atoms. The molecule has 1 heterocycles. The first-order valence-corrected chi connectivity index (χ1v) is 8.03. The second-order valence-corrected chi connectivity index (χ2v) is 6.13. The minimum absolute atomic E-state index is 0.0908. The molecule has 24 heavy (non-hydrogen) atoms. The minimum Gasteiger partial charge on any atom is -0.338 e. The Morgan fingerprint density at radius 2 is 1.96 bits per heavy atom. The van der Waals surface area contributed by atoms with Gasteiger partial charge in [0.05, 0.1) is 12.2 Å². The first-order valence-electron chi connectivity index (χ1n) is 8.03. The van der Waals surface area contributed by atoms with Crippen LogP contribution in [0.1, 0.15) is 29.8 Å². The van der Waals surface area contributed by atoms with Crippen LogP contribution in [0.15, 0.2) is 42.6 Å². The third kappa shape index (κ3) is 4.38. The van der Waals surface area contributed by atoms with Gasteiger partial charge in [-0.15, -0.1) is 0 Å². The Labute approximate surface area is 142 Å². The number of pyridine rings is 1. The van der Waals surface area contributed by atoms with Gasteiger partial charge < -0.3 is 4.90 Å².